The first-order valence-corrected chi connectivity index (χ1v) is 8.08. The second-order valence-corrected chi connectivity index (χ2v) is 6.62. The summed E-state index contributed by atoms with van der Waals surface area (Å²) in [5, 5.41) is 11.1. The Morgan fingerprint density at radius 2 is 2.19 bits per heavy atom. The van der Waals surface area contributed by atoms with Crippen molar-refractivity contribution in [3.63, 3.8) is 0 Å². The van der Waals surface area contributed by atoms with Gasteiger partial charge in [-0.15, -0.1) is 11.3 Å². The zero-order chi connectivity index (χ0) is 14.8. The highest BCUT2D eigenvalue weighted by atomic mass is 32.1. The van der Waals surface area contributed by atoms with Gasteiger partial charge in [-0.3, -0.25) is 0 Å². The van der Waals surface area contributed by atoms with Gasteiger partial charge in [-0.2, -0.15) is 5.10 Å². The lowest BCUT2D eigenvalue weighted by molar-refractivity contribution is 0.588. The molecule has 3 aromatic heterocycles. The molecule has 5 heteroatoms. The first kappa shape index (κ1) is 14.2. The molecule has 0 atom stereocenters. The summed E-state index contributed by atoms with van der Waals surface area (Å²) in [7, 11) is 0. The molecule has 0 bridgehead atoms. The summed E-state index contributed by atoms with van der Waals surface area (Å²) >= 11 is 1.77. The highest BCUT2D eigenvalue weighted by molar-refractivity contribution is 7.10. The summed E-state index contributed by atoms with van der Waals surface area (Å²) in [6, 6.07) is 4.79. The van der Waals surface area contributed by atoms with Gasteiger partial charge in [-0.1, -0.05) is 13.8 Å². The average Bonchev–Trinajstić information content (AvgIpc) is 3.04. The van der Waals surface area contributed by atoms with Gasteiger partial charge in [0.25, 0.3) is 0 Å². The van der Waals surface area contributed by atoms with Gasteiger partial charge in [-0.25, -0.2) is 9.67 Å². The topological polar surface area (TPSA) is 42.7 Å². The van der Waals surface area contributed by atoms with Crippen LogP contribution in [-0.2, 0) is 13.1 Å². The number of aromatic nitrogens is 3. The van der Waals surface area contributed by atoms with E-state index in [1.54, 1.807) is 11.3 Å². The van der Waals surface area contributed by atoms with E-state index in [0.717, 1.165) is 24.1 Å². The molecule has 4 nitrogen and oxygen atoms in total. The third-order valence-corrected chi connectivity index (χ3v) is 4.52. The molecule has 0 aliphatic heterocycles. The Hall–Kier alpha value is -1.72. The maximum absolute atomic E-state index is 4.59. The van der Waals surface area contributed by atoms with Crippen LogP contribution in [0.4, 0.5) is 0 Å². The molecule has 0 fully saturated rings. The zero-order valence-electron chi connectivity index (χ0n) is 12.6. The van der Waals surface area contributed by atoms with E-state index in [9.17, 15) is 0 Å². The Labute approximate surface area is 128 Å². The number of pyridine rings is 1. The predicted molar refractivity (Wildman–Crippen MR) is 87.7 cm³/mol. The van der Waals surface area contributed by atoms with E-state index in [1.165, 1.54) is 16.0 Å². The lowest BCUT2D eigenvalue weighted by Gasteiger charge is -2.08. The van der Waals surface area contributed by atoms with E-state index in [2.05, 4.69) is 53.7 Å². The Balaban J connectivity index is 1.84. The van der Waals surface area contributed by atoms with Crippen molar-refractivity contribution < 1.29 is 0 Å². The minimum atomic E-state index is 0.477. The zero-order valence-corrected chi connectivity index (χ0v) is 13.4. The van der Waals surface area contributed by atoms with Crippen LogP contribution in [0.2, 0.25) is 0 Å². The van der Waals surface area contributed by atoms with Crippen LogP contribution in [0.25, 0.3) is 11.0 Å². The van der Waals surface area contributed by atoms with Crippen LogP contribution in [0.5, 0.6) is 0 Å². The van der Waals surface area contributed by atoms with Crippen LogP contribution in [0.3, 0.4) is 0 Å². The number of aryl methyl sites for hydroxylation is 1. The third kappa shape index (κ3) is 3.14. The van der Waals surface area contributed by atoms with Crippen molar-refractivity contribution in [2.45, 2.75) is 39.9 Å². The summed E-state index contributed by atoms with van der Waals surface area (Å²) in [6.45, 7) is 8.07. The number of rotatable bonds is 5. The normalized spacial score (nSPS) is 11.6. The molecule has 0 radical (unpaired) electrons. The fraction of sp³-hybridized carbons (Fsp3) is 0.375. The number of hydrogen-bond acceptors (Lipinski definition) is 4. The maximum atomic E-state index is 4.59. The molecule has 0 spiro atoms. The third-order valence-electron chi connectivity index (χ3n) is 3.51. The Morgan fingerprint density at radius 3 is 2.90 bits per heavy atom. The van der Waals surface area contributed by atoms with Crippen LogP contribution in [0, 0.1) is 6.92 Å². The van der Waals surface area contributed by atoms with Gasteiger partial charge >= 0.3 is 0 Å². The smallest absolute Gasteiger partial charge is 0.158 e. The van der Waals surface area contributed by atoms with E-state index in [-0.39, 0.29) is 0 Å². The molecule has 21 heavy (non-hydrogen) atoms. The van der Waals surface area contributed by atoms with Crippen LogP contribution in [0.15, 0.2) is 29.9 Å². The van der Waals surface area contributed by atoms with Gasteiger partial charge in [-0.05, 0) is 35.6 Å². The lowest BCUT2D eigenvalue weighted by atomic mass is 10.2. The van der Waals surface area contributed by atoms with Crippen molar-refractivity contribution in [3.05, 3.63) is 45.9 Å². The van der Waals surface area contributed by atoms with Crippen molar-refractivity contribution in [1.29, 1.82) is 0 Å². The SMILES string of the molecule is Cc1ccsc1Cn1ncc2cc(CNC(C)C)cnc21. The van der Waals surface area contributed by atoms with Gasteiger partial charge in [0.15, 0.2) is 5.65 Å². The molecule has 0 saturated heterocycles. The van der Waals surface area contributed by atoms with Crippen LogP contribution in [-0.4, -0.2) is 20.8 Å². The van der Waals surface area contributed by atoms with Gasteiger partial charge in [0.05, 0.1) is 12.7 Å². The summed E-state index contributed by atoms with van der Waals surface area (Å²) in [4.78, 5) is 5.93. The van der Waals surface area contributed by atoms with E-state index >= 15 is 0 Å². The number of nitrogens with zero attached hydrogens (tertiary/aromatic N) is 3. The fourth-order valence-electron chi connectivity index (χ4n) is 2.25. The predicted octanol–water partition coefficient (Wildman–Crippen LogP) is 3.35. The molecule has 0 aromatic carbocycles. The first-order chi connectivity index (χ1) is 10.1. The lowest BCUT2D eigenvalue weighted by Crippen LogP contribution is -2.21. The maximum Gasteiger partial charge on any atom is 0.158 e. The number of thiophene rings is 1. The van der Waals surface area contributed by atoms with Crippen molar-refractivity contribution >= 4 is 22.4 Å². The Morgan fingerprint density at radius 1 is 1.33 bits per heavy atom. The molecule has 3 heterocycles. The van der Waals surface area contributed by atoms with Crippen LogP contribution in [0.1, 0.15) is 29.9 Å². The highest BCUT2D eigenvalue weighted by Gasteiger charge is 2.08. The largest absolute Gasteiger partial charge is 0.310 e. The first-order valence-electron chi connectivity index (χ1n) is 7.20. The van der Waals surface area contributed by atoms with Crippen molar-refractivity contribution in [2.75, 3.05) is 0 Å². The van der Waals surface area contributed by atoms with Gasteiger partial charge in [0, 0.05) is 29.0 Å². The highest BCUT2D eigenvalue weighted by Crippen LogP contribution is 2.19. The standard InChI is InChI=1S/C16H20N4S/c1-11(2)17-7-13-6-14-9-19-20(16(14)18-8-13)10-15-12(3)4-5-21-15/h4-6,8-9,11,17H,7,10H2,1-3H3. The van der Waals surface area contributed by atoms with Crippen molar-refractivity contribution in [2.24, 2.45) is 0 Å². The second-order valence-electron chi connectivity index (χ2n) is 5.62. The van der Waals surface area contributed by atoms with Gasteiger partial charge < -0.3 is 5.32 Å². The molecule has 0 aliphatic rings. The van der Waals surface area contributed by atoms with Gasteiger partial charge in [0.2, 0.25) is 0 Å². The van der Waals surface area contributed by atoms with E-state index in [4.69, 9.17) is 0 Å². The molecule has 1 N–H and O–H groups in total. The summed E-state index contributed by atoms with van der Waals surface area (Å²) in [5.41, 5.74) is 3.47. The number of hydrogen-bond donors (Lipinski definition) is 1. The molecular weight excluding hydrogens is 280 g/mol. The van der Waals surface area contributed by atoms with Crippen molar-refractivity contribution in [3.8, 4) is 0 Å². The molecule has 3 aromatic rings. The Bertz CT molecular complexity index is 742. The van der Waals surface area contributed by atoms with E-state index in [1.807, 2.05) is 17.1 Å². The summed E-state index contributed by atoms with van der Waals surface area (Å²) in [6.07, 6.45) is 3.85. The molecule has 0 aliphatic carbocycles. The van der Waals surface area contributed by atoms with E-state index < -0.39 is 0 Å². The molecular formula is C16H20N4S. The molecule has 0 amide bonds. The molecule has 0 unspecified atom stereocenters. The second kappa shape index (κ2) is 5.95. The van der Waals surface area contributed by atoms with Crippen molar-refractivity contribution in [1.82, 2.24) is 20.1 Å². The van der Waals surface area contributed by atoms with Gasteiger partial charge in [0.1, 0.15) is 0 Å². The van der Waals surface area contributed by atoms with E-state index in [0.29, 0.717) is 6.04 Å². The molecule has 110 valence electrons. The minimum absolute atomic E-state index is 0.477. The molecule has 3 rings (SSSR count). The fourth-order valence-corrected chi connectivity index (χ4v) is 3.14. The van der Waals surface area contributed by atoms with Crippen LogP contribution < -0.4 is 5.32 Å². The monoisotopic (exact) mass is 300 g/mol. The van der Waals surface area contributed by atoms with Crippen LogP contribution >= 0.6 is 11.3 Å². The number of nitrogens with one attached hydrogen (secondary N) is 1. The average molecular weight is 300 g/mol. The Kier molecular flexibility index (Phi) is 4.03. The minimum Gasteiger partial charge on any atom is -0.310 e. The summed E-state index contributed by atoms with van der Waals surface area (Å²) in [5.74, 6) is 0. The summed E-state index contributed by atoms with van der Waals surface area (Å²) < 4.78 is 1.98. The quantitative estimate of drug-likeness (QED) is 0.786. The number of fused-ring (bicyclic) bond motifs is 1. The molecule has 0 saturated carbocycles.